The predicted octanol–water partition coefficient (Wildman–Crippen LogP) is 3.20. The van der Waals surface area contributed by atoms with Gasteiger partial charge in [0.1, 0.15) is 11.0 Å². The van der Waals surface area contributed by atoms with E-state index in [1.165, 1.54) is 56.7 Å². The molecule has 1 aliphatic carbocycles. The van der Waals surface area contributed by atoms with Crippen LogP contribution in [0.3, 0.4) is 0 Å². The number of nitrogens with zero attached hydrogens (tertiary/aromatic N) is 4. The van der Waals surface area contributed by atoms with Crippen molar-refractivity contribution < 1.29 is 4.79 Å². The van der Waals surface area contributed by atoms with Crippen molar-refractivity contribution in [2.45, 2.75) is 56.1 Å². The lowest BCUT2D eigenvalue weighted by molar-refractivity contribution is -0.118. The van der Waals surface area contributed by atoms with E-state index in [4.69, 9.17) is 11.6 Å². The molecule has 1 saturated heterocycles. The van der Waals surface area contributed by atoms with Crippen molar-refractivity contribution >= 4 is 35.1 Å². The average molecular weight is 412 g/mol. The van der Waals surface area contributed by atoms with E-state index in [0.29, 0.717) is 28.6 Å². The Balaban J connectivity index is 1.47. The van der Waals surface area contributed by atoms with Gasteiger partial charge in [0.2, 0.25) is 5.91 Å². The number of rotatable bonds is 8. The Morgan fingerprint density at radius 3 is 2.74 bits per heavy atom. The van der Waals surface area contributed by atoms with Gasteiger partial charge in [-0.15, -0.1) is 0 Å². The number of nitrogens with one attached hydrogen (secondary N) is 1. The van der Waals surface area contributed by atoms with Crippen molar-refractivity contribution in [3.05, 3.63) is 11.2 Å². The molecule has 150 valence electrons. The van der Waals surface area contributed by atoms with Crippen molar-refractivity contribution in [2.75, 3.05) is 43.9 Å². The molecular formula is C19H30ClN5OS. The molecule has 1 saturated carbocycles. The number of amides is 1. The highest BCUT2D eigenvalue weighted by Gasteiger charge is 2.20. The highest BCUT2D eigenvalue weighted by molar-refractivity contribution is 7.99. The van der Waals surface area contributed by atoms with Gasteiger partial charge in [0.25, 0.3) is 0 Å². The Hall–Kier alpha value is -1.05. The summed E-state index contributed by atoms with van der Waals surface area (Å²) in [7, 11) is 2.08. The normalized spacial score (nSPS) is 18.6. The molecule has 0 radical (unpaired) electrons. The van der Waals surface area contributed by atoms with Crippen LogP contribution in [0.2, 0.25) is 5.15 Å². The van der Waals surface area contributed by atoms with Crippen molar-refractivity contribution in [3.8, 4) is 0 Å². The van der Waals surface area contributed by atoms with Crippen LogP contribution in [0.15, 0.2) is 11.2 Å². The molecule has 1 aromatic heterocycles. The Labute approximate surface area is 171 Å². The zero-order valence-corrected chi connectivity index (χ0v) is 17.7. The van der Waals surface area contributed by atoms with Gasteiger partial charge in [0.05, 0.1) is 5.75 Å². The number of likely N-dealkylation sites (tertiary alicyclic amines) is 1. The largest absolute Gasteiger partial charge is 0.357 e. The fourth-order valence-corrected chi connectivity index (χ4v) is 4.74. The fraction of sp³-hybridized carbons (Fsp3) is 0.737. The standard InChI is InChI=1S/C19H30ClN5OS/c1-24(15-7-3-2-4-8-15)17-13-16(20)22-19(23-17)27-14-18(26)21-9-12-25-10-5-6-11-25/h13,15H,2-12,14H2,1H3,(H,21,26). The lowest BCUT2D eigenvalue weighted by Gasteiger charge is -2.32. The zero-order chi connectivity index (χ0) is 19.1. The first kappa shape index (κ1) is 20.7. The third kappa shape index (κ3) is 6.50. The summed E-state index contributed by atoms with van der Waals surface area (Å²) in [6, 6.07) is 2.33. The second-order valence-electron chi connectivity index (χ2n) is 7.42. The van der Waals surface area contributed by atoms with Crippen LogP contribution >= 0.6 is 23.4 Å². The molecule has 2 aliphatic rings. The van der Waals surface area contributed by atoms with Gasteiger partial charge in [-0.3, -0.25) is 4.79 Å². The number of anilines is 1. The van der Waals surface area contributed by atoms with Crippen LogP contribution in [0, 0.1) is 0 Å². The van der Waals surface area contributed by atoms with Gasteiger partial charge in [-0.2, -0.15) is 0 Å². The minimum Gasteiger partial charge on any atom is -0.357 e. The topological polar surface area (TPSA) is 61.4 Å². The van der Waals surface area contributed by atoms with Crippen LogP contribution in [0.25, 0.3) is 0 Å². The lowest BCUT2D eigenvalue weighted by Crippen LogP contribution is -2.34. The minimum atomic E-state index is 0.0185. The van der Waals surface area contributed by atoms with E-state index in [9.17, 15) is 4.79 Å². The number of aromatic nitrogens is 2. The number of carbonyl (C=O) groups is 1. The summed E-state index contributed by atoms with van der Waals surface area (Å²) in [5.74, 6) is 1.18. The molecule has 1 aromatic rings. The first-order valence-corrected chi connectivity index (χ1v) is 11.4. The van der Waals surface area contributed by atoms with Crippen molar-refractivity contribution in [2.24, 2.45) is 0 Å². The molecule has 2 heterocycles. The number of halogens is 1. The number of thioether (sulfide) groups is 1. The average Bonchev–Trinajstić information content (AvgIpc) is 3.19. The number of hydrogen-bond acceptors (Lipinski definition) is 6. The third-order valence-corrected chi connectivity index (χ3v) is 6.47. The van der Waals surface area contributed by atoms with Gasteiger partial charge in [-0.25, -0.2) is 9.97 Å². The maximum atomic E-state index is 12.1. The van der Waals surface area contributed by atoms with Crippen LogP contribution in [0.5, 0.6) is 0 Å². The highest BCUT2D eigenvalue weighted by Crippen LogP contribution is 2.27. The summed E-state index contributed by atoms with van der Waals surface area (Å²) in [5.41, 5.74) is 0. The van der Waals surface area contributed by atoms with Crippen molar-refractivity contribution in [3.63, 3.8) is 0 Å². The fourth-order valence-electron chi connectivity index (χ4n) is 3.83. The summed E-state index contributed by atoms with van der Waals surface area (Å²) >= 11 is 7.55. The molecule has 0 aromatic carbocycles. The van der Waals surface area contributed by atoms with E-state index in [1.54, 1.807) is 0 Å². The molecule has 8 heteroatoms. The SMILES string of the molecule is CN(c1cc(Cl)nc(SCC(=O)NCCN2CCCC2)n1)C1CCCCC1. The minimum absolute atomic E-state index is 0.0185. The first-order valence-electron chi connectivity index (χ1n) is 10.0. The second-order valence-corrected chi connectivity index (χ2v) is 8.75. The summed E-state index contributed by atoms with van der Waals surface area (Å²) in [6.45, 7) is 3.93. The third-order valence-electron chi connectivity index (χ3n) is 5.43. The van der Waals surface area contributed by atoms with Crippen LogP contribution < -0.4 is 10.2 Å². The smallest absolute Gasteiger partial charge is 0.230 e. The van der Waals surface area contributed by atoms with Gasteiger partial charge >= 0.3 is 0 Å². The van der Waals surface area contributed by atoms with Crippen molar-refractivity contribution in [1.82, 2.24) is 20.2 Å². The van der Waals surface area contributed by atoms with Gasteiger partial charge in [-0.1, -0.05) is 42.6 Å². The molecule has 2 fully saturated rings. The highest BCUT2D eigenvalue weighted by atomic mass is 35.5. The quantitative estimate of drug-likeness (QED) is 0.402. The molecule has 0 atom stereocenters. The van der Waals surface area contributed by atoms with E-state index in [1.807, 2.05) is 6.07 Å². The van der Waals surface area contributed by atoms with Gasteiger partial charge in [0.15, 0.2) is 5.16 Å². The molecule has 3 rings (SSSR count). The number of carbonyl (C=O) groups excluding carboxylic acids is 1. The molecule has 1 N–H and O–H groups in total. The Morgan fingerprint density at radius 1 is 1.26 bits per heavy atom. The van der Waals surface area contributed by atoms with Gasteiger partial charge < -0.3 is 15.1 Å². The lowest BCUT2D eigenvalue weighted by atomic mass is 9.94. The van der Waals surface area contributed by atoms with Crippen molar-refractivity contribution in [1.29, 1.82) is 0 Å². The summed E-state index contributed by atoms with van der Waals surface area (Å²) in [5, 5.41) is 3.98. The first-order chi connectivity index (χ1) is 13.1. The van der Waals surface area contributed by atoms with Crippen LogP contribution in [0.4, 0.5) is 5.82 Å². The molecule has 27 heavy (non-hydrogen) atoms. The second kappa shape index (κ2) is 10.5. The number of hydrogen-bond donors (Lipinski definition) is 1. The summed E-state index contributed by atoms with van der Waals surface area (Å²) in [4.78, 5) is 25.6. The van der Waals surface area contributed by atoms with Crippen LogP contribution in [0.1, 0.15) is 44.9 Å². The van der Waals surface area contributed by atoms with E-state index >= 15 is 0 Å². The Kier molecular flexibility index (Phi) is 8.03. The van der Waals surface area contributed by atoms with Crippen LogP contribution in [-0.2, 0) is 4.79 Å². The zero-order valence-electron chi connectivity index (χ0n) is 16.1. The Morgan fingerprint density at radius 2 is 2.00 bits per heavy atom. The van der Waals surface area contributed by atoms with Gasteiger partial charge in [-0.05, 0) is 38.8 Å². The molecule has 1 amide bonds. The maximum Gasteiger partial charge on any atom is 0.230 e. The monoisotopic (exact) mass is 411 g/mol. The molecule has 6 nitrogen and oxygen atoms in total. The van der Waals surface area contributed by atoms with E-state index < -0.39 is 0 Å². The van der Waals surface area contributed by atoms with Gasteiger partial charge in [0, 0.05) is 32.2 Å². The van der Waals surface area contributed by atoms with E-state index in [2.05, 4.69) is 32.1 Å². The molecule has 1 aliphatic heterocycles. The molecular weight excluding hydrogens is 382 g/mol. The summed E-state index contributed by atoms with van der Waals surface area (Å²) < 4.78 is 0. The molecule has 0 unspecified atom stereocenters. The molecule has 0 bridgehead atoms. The summed E-state index contributed by atoms with van der Waals surface area (Å²) in [6.07, 6.45) is 8.80. The van der Waals surface area contributed by atoms with Crippen LogP contribution in [-0.4, -0.2) is 65.8 Å². The predicted molar refractivity (Wildman–Crippen MR) is 112 cm³/mol. The van der Waals surface area contributed by atoms with E-state index in [-0.39, 0.29) is 5.91 Å². The Bertz CT molecular complexity index is 620. The van der Waals surface area contributed by atoms with E-state index in [0.717, 1.165) is 25.5 Å². The molecule has 0 spiro atoms. The maximum absolute atomic E-state index is 12.1.